The van der Waals surface area contributed by atoms with Gasteiger partial charge in [-0.15, -0.1) is 0 Å². The van der Waals surface area contributed by atoms with Gasteiger partial charge in [-0.1, -0.05) is 31.2 Å². The summed E-state index contributed by atoms with van der Waals surface area (Å²) >= 11 is 0. The second kappa shape index (κ2) is 11.9. The van der Waals surface area contributed by atoms with Crippen LogP contribution in [0.2, 0.25) is 0 Å². The van der Waals surface area contributed by atoms with Crippen molar-refractivity contribution in [2.24, 2.45) is 11.1 Å². The number of hydrogen-bond acceptors (Lipinski definition) is 5. The second-order valence-electron chi connectivity index (χ2n) is 8.80. The van der Waals surface area contributed by atoms with Crippen molar-refractivity contribution in [1.29, 1.82) is 0 Å². The van der Waals surface area contributed by atoms with Crippen LogP contribution in [0.15, 0.2) is 42.5 Å². The van der Waals surface area contributed by atoms with Crippen LogP contribution in [0, 0.1) is 18.2 Å². The Morgan fingerprint density at radius 1 is 1.20 bits per heavy atom. The van der Waals surface area contributed by atoms with Crippen molar-refractivity contribution in [3.63, 3.8) is 0 Å². The molecule has 0 spiro atoms. The van der Waals surface area contributed by atoms with Crippen molar-refractivity contribution in [2.75, 3.05) is 31.3 Å². The third-order valence-corrected chi connectivity index (χ3v) is 6.72. The average Bonchev–Trinajstić information content (AvgIpc) is 2.89. The van der Waals surface area contributed by atoms with Gasteiger partial charge in [0.2, 0.25) is 18.2 Å². The number of rotatable bonds is 10. The fourth-order valence-electron chi connectivity index (χ4n) is 4.19. The van der Waals surface area contributed by atoms with Gasteiger partial charge in [0.1, 0.15) is 5.82 Å². The summed E-state index contributed by atoms with van der Waals surface area (Å²) in [5.41, 5.74) is 7.36. The first kappa shape index (κ1) is 26.3. The largest absolute Gasteiger partial charge is 0.351 e. The van der Waals surface area contributed by atoms with Gasteiger partial charge in [-0.3, -0.25) is 19.2 Å². The predicted molar refractivity (Wildman–Crippen MR) is 131 cm³/mol. The molecule has 1 heterocycles. The Balaban J connectivity index is 1.75. The molecule has 3 amide bonds. The van der Waals surface area contributed by atoms with Crippen LogP contribution in [0.3, 0.4) is 0 Å². The number of hydrogen-bond donors (Lipinski definition) is 2. The quantitative estimate of drug-likeness (QED) is 0.398. The van der Waals surface area contributed by atoms with Crippen LogP contribution >= 0.6 is 0 Å². The molecule has 9 heteroatoms. The first-order chi connectivity index (χ1) is 16.8. The van der Waals surface area contributed by atoms with E-state index in [0.29, 0.717) is 49.2 Å². The number of amides is 3. The molecule has 2 aromatic carbocycles. The van der Waals surface area contributed by atoms with Crippen LogP contribution in [0.1, 0.15) is 36.5 Å². The van der Waals surface area contributed by atoms with Crippen LogP contribution in [0.25, 0.3) is 0 Å². The van der Waals surface area contributed by atoms with Gasteiger partial charge in [0.05, 0.1) is 24.3 Å². The van der Waals surface area contributed by atoms with E-state index in [1.54, 1.807) is 36.1 Å². The Bertz CT molecular complexity index is 1040. The molecule has 0 unspecified atom stereocenters. The Kier molecular flexibility index (Phi) is 8.95. The number of piperidine rings is 1. The van der Waals surface area contributed by atoms with Crippen molar-refractivity contribution in [1.82, 2.24) is 10.2 Å². The summed E-state index contributed by atoms with van der Waals surface area (Å²) in [6.45, 7) is 4.40. The fraction of sp³-hybridized carbons (Fsp3) is 0.423. The molecule has 1 fully saturated rings. The SMILES string of the molecule is CCc1ccc(N(C=O)OCC2(C(=O)NCc3cccc(F)c3C)CCN(C(=O)CN)CC2)cc1. The number of carbonyl (C=O) groups excluding carboxylic acids is 3. The molecule has 1 aliphatic rings. The number of likely N-dealkylation sites (tertiary alicyclic amines) is 1. The van der Waals surface area contributed by atoms with E-state index in [9.17, 15) is 18.8 Å². The zero-order valence-electron chi connectivity index (χ0n) is 20.3. The maximum Gasteiger partial charge on any atom is 0.238 e. The monoisotopic (exact) mass is 484 g/mol. The summed E-state index contributed by atoms with van der Waals surface area (Å²) in [6.07, 6.45) is 2.12. The molecular formula is C26H33FN4O4. The number of nitrogens with two attached hydrogens (primary N) is 1. The fourth-order valence-corrected chi connectivity index (χ4v) is 4.19. The van der Waals surface area contributed by atoms with Crippen molar-refractivity contribution in [3.05, 3.63) is 65.0 Å². The molecule has 0 aliphatic carbocycles. The summed E-state index contributed by atoms with van der Waals surface area (Å²) in [7, 11) is 0. The van der Waals surface area contributed by atoms with Crippen LogP contribution in [-0.2, 0) is 32.2 Å². The van der Waals surface area contributed by atoms with E-state index in [2.05, 4.69) is 5.32 Å². The standard InChI is InChI=1S/C26H33FN4O4/c1-3-20-7-9-22(10-8-20)31(18-32)35-17-26(11-13-30(14-12-26)24(33)15-28)25(34)29-16-21-5-4-6-23(27)19(21)2/h4-10,18H,3,11-17,28H2,1-2H3,(H,29,34). The van der Waals surface area contributed by atoms with E-state index < -0.39 is 5.41 Å². The molecule has 1 aliphatic heterocycles. The summed E-state index contributed by atoms with van der Waals surface area (Å²) in [6, 6.07) is 12.1. The molecule has 0 aromatic heterocycles. The minimum Gasteiger partial charge on any atom is -0.351 e. The number of aryl methyl sites for hydroxylation is 1. The van der Waals surface area contributed by atoms with Gasteiger partial charge >= 0.3 is 0 Å². The zero-order valence-corrected chi connectivity index (χ0v) is 20.3. The van der Waals surface area contributed by atoms with Gasteiger partial charge in [0.25, 0.3) is 0 Å². The molecule has 3 N–H and O–H groups in total. The van der Waals surface area contributed by atoms with Gasteiger partial charge in [-0.05, 0) is 61.1 Å². The number of nitrogens with one attached hydrogen (secondary N) is 1. The van der Waals surface area contributed by atoms with Crippen LogP contribution in [0.4, 0.5) is 10.1 Å². The van der Waals surface area contributed by atoms with E-state index in [-0.39, 0.29) is 37.3 Å². The average molecular weight is 485 g/mol. The Labute approximate surface area is 205 Å². The maximum absolute atomic E-state index is 13.9. The third-order valence-electron chi connectivity index (χ3n) is 6.72. The molecule has 3 rings (SSSR count). The summed E-state index contributed by atoms with van der Waals surface area (Å²) in [5, 5.41) is 4.03. The number of halogens is 1. The predicted octanol–water partition coefficient (Wildman–Crippen LogP) is 2.47. The number of anilines is 1. The molecule has 0 atom stereocenters. The van der Waals surface area contributed by atoms with Gasteiger partial charge in [-0.25, -0.2) is 4.39 Å². The van der Waals surface area contributed by atoms with Crippen LogP contribution in [0.5, 0.6) is 0 Å². The summed E-state index contributed by atoms with van der Waals surface area (Å²) in [4.78, 5) is 44.7. The molecule has 8 nitrogen and oxygen atoms in total. The van der Waals surface area contributed by atoms with E-state index in [4.69, 9.17) is 10.6 Å². The van der Waals surface area contributed by atoms with Crippen molar-refractivity contribution < 1.29 is 23.6 Å². The molecule has 0 bridgehead atoms. The maximum atomic E-state index is 13.9. The molecule has 188 valence electrons. The topological polar surface area (TPSA) is 105 Å². The van der Waals surface area contributed by atoms with Crippen LogP contribution < -0.4 is 16.1 Å². The van der Waals surface area contributed by atoms with E-state index in [0.717, 1.165) is 17.0 Å². The lowest BCUT2D eigenvalue weighted by Gasteiger charge is -2.40. The van der Waals surface area contributed by atoms with Gasteiger partial charge < -0.3 is 16.0 Å². The minimum absolute atomic E-state index is 0.0557. The Morgan fingerprint density at radius 2 is 1.89 bits per heavy atom. The highest BCUT2D eigenvalue weighted by molar-refractivity contribution is 5.84. The summed E-state index contributed by atoms with van der Waals surface area (Å²) in [5.74, 6) is -0.784. The van der Waals surface area contributed by atoms with Crippen molar-refractivity contribution in [3.8, 4) is 0 Å². The third kappa shape index (κ3) is 6.23. The molecule has 35 heavy (non-hydrogen) atoms. The first-order valence-electron chi connectivity index (χ1n) is 11.8. The lowest BCUT2D eigenvalue weighted by molar-refractivity contribution is -0.145. The smallest absolute Gasteiger partial charge is 0.238 e. The number of hydroxylamine groups is 1. The molecule has 0 radical (unpaired) electrons. The van der Waals surface area contributed by atoms with Crippen LogP contribution in [-0.4, -0.2) is 49.4 Å². The highest BCUT2D eigenvalue weighted by Gasteiger charge is 2.43. The first-order valence-corrected chi connectivity index (χ1v) is 11.8. The Morgan fingerprint density at radius 3 is 2.49 bits per heavy atom. The van der Waals surface area contributed by atoms with Gasteiger partial charge in [-0.2, -0.15) is 5.06 Å². The molecule has 1 saturated heterocycles. The lowest BCUT2D eigenvalue weighted by atomic mass is 9.78. The molecule has 2 aromatic rings. The molecular weight excluding hydrogens is 451 g/mol. The van der Waals surface area contributed by atoms with E-state index in [1.165, 1.54) is 6.07 Å². The van der Waals surface area contributed by atoms with Gasteiger partial charge in [0, 0.05) is 19.6 Å². The second-order valence-corrected chi connectivity index (χ2v) is 8.80. The summed E-state index contributed by atoms with van der Waals surface area (Å²) < 4.78 is 13.9. The lowest BCUT2D eigenvalue weighted by Crippen LogP contribution is -2.53. The Hall–Kier alpha value is -3.30. The van der Waals surface area contributed by atoms with E-state index in [1.807, 2.05) is 19.1 Å². The highest BCUT2D eigenvalue weighted by Crippen LogP contribution is 2.33. The minimum atomic E-state index is -0.975. The molecule has 0 saturated carbocycles. The number of benzene rings is 2. The highest BCUT2D eigenvalue weighted by atomic mass is 19.1. The number of carbonyl (C=O) groups is 3. The normalized spacial score (nSPS) is 14.9. The van der Waals surface area contributed by atoms with Crippen molar-refractivity contribution in [2.45, 2.75) is 39.7 Å². The zero-order chi connectivity index (χ0) is 25.4. The van der Waals surface area contributed by atoms with Crippen molar-refractivity contribution >= 4 is 23.9 Å². The van der Waals surface area contributed by atoms with E-state index >= 15 is 0 Å². The van der Waals surface area contributed by atoms with Gasteiger partial charge in [0.15, 0.2) is 0 Å². The number of nitrogens with zero attached hydrogens (tertiary/aromatic N) is 2.